The molecule has 0 saturated heterocycles. The van der Waals surface area contributed by atoms with Crippen LogP contribution in [0.25, 0.3) is 0 Å². The molecule has 1 amide bonds. The second-order valence-electron chi connectivity index (χ2n) is 7.24. The van der Waals surface area contributed by atoms with Gasteiger partial charge in [0.25, 0.3) is 0 Å². The summed E-state index contributed by atoms with van der Waals surface area (Å²) in [4.78, 5) is 21.3. The Morgan fingerprint density at radius 2 is 2.17 bits per heavy atom. The summed E-state index contributed by atoms with van der Waals surface area (Å²) >= 11 is 9.41. The number of carbonyl (C=O) groups is 1. The summed E-state index contributed by atoms with van der Waals surface area (Å²) in [6.07, 6.45) is 6.57. The lowest BCUT2D eigenvalue weighted by molar-refractivity contribution is -0.118. The Kier molecular flexibility index (Phi) is 7.10. The highest BCUT2D eigenvalue weighted by atomic mass is 79.9. The molecule has 1 fully saturated rings. The van der Waals surface area contributed by atoms with Crippen LogP contribution < -0.4 is 5.32 Å². The lowest BCUT2D eigenvalue weighted by Gasteiger charge is -2.21. The molecule has 0 bridgehead atoms. The first kappa shape index (κ1) is 22.6. The highest BCUT2D eigenvalue weighted by Crippen LogP contribution is 2.35. The number of hydrogen-bond donors (Lipinski definition) is 2. The summed E-state index contributed by atoms with van der Waals surface area (Å²) in [6.45, 7) is 0. The van der Waals surface area contributed by atoms with Crippen LogP contribution in [-0.4, -0.2) is 41.5 Å². The maximum Gasteiger partial charge on any atom is 0.233 e. The van der Waals surface area contributed by atoms with Crippen molar-refractivity contribution >= 4 is 54.8 Å². The highest BCUT2D eigenvalue weighted by molar-refractivity contribution is 9.10. The zero-order chi connectivity index (χ0) is 21.9. The molecule has 0 radical (unpaired) electrons. The first-order valence-corrected chi connectivity index (χ1v) is 12.2. The minimum absolute atomic E-state index is 0.0152. The summed E-state index contributed by atoms with van der Waals surface area (Å²) in [6, 6.07) is 4.54. The quantitative estimate of drug-likeness (QED) is 0.442. The van der Waals surface area contributed by atoms with Crippen LogP contribution in [0.2, 0.25) is 5.02 Å². The Bertz CT molecular complexity index is 1080. The molecule has 1 aromatic heterocycles. The minimum atomic E-state index is -3.48. The Morgan fingerprint density at radius 3 is 2.73 bits per heavy atom. The molecule has 30 heavy (non-hydrogen) atoms. The first-order chi connectivity index (χ1) is 14.2. The van der Waals surface area contributed by atoms with Crippen molar-refractivity contribution in [3.05, 3.63) is 45.8 Å². The summed E-state index contributed by atoms with van der Waals surface area (Å²) in [5, 5.41) is 15.1. The third kappa shape index (κ3) is 5.55. The van der Waals surface area contributed by atoms with Crippen molar-refractivity contribution < 1.29 is 18.4 Å². The molecule has 1 aliphatic rings. The number of sulfone groups is 1. The molecule has 1 unspecified atom stereocenters. The number of amides is 1. The van der Waals surface area contributed by atoms with Gasteiger partial charge >= 0.3 is 0 Å². The number of nitrogens with zero attached hydrogens (tertiary/aromatic N) is 3. The SMILES string of the molecule is CS(=O)(=O)c1ccc([C@@H](CC2CC/C(=N/O)C2)C(=O)Nc2cnc(Br)cn2)cc1Cl. The first-order valence-electron chi connectivity index (χ1n) is 9.15. The Balaban J connectivity index is 1.89. The van der Waals surface area contributed by atoms with Gasteiger partial charge in [0.05, 0.1) is 33.9 Å². The van der Waals surface area contributed by atoms with E-state index in [1.54, 1.807) is 6.07 Å². The number of oxime groups is 1. The topological polar surface area (TPSA) is 122 Å². The van der Waals surface area contributed by atoms with Crippen LogP contribution in [0.3, 0.4) is 0 Å². The molecule has 1 saturated carbocycles. The van der Waals surface area contributed by atoms with Crippen LogP contribution in [0.4, 0.5) is 5.82 Å². The molecule has 8 nitrogen and oxygen atoms in total. The van der Waals surface area contributed by atoms with Crippen molar-refractivity contribution in [1.82, 2.24) is 9.97 Å². The number of nitrogens with one attached hydrogen (secondary N) is 1. The summed E-state index contributed by atoms with van der Waals surface area (Å²) in [5.41, 5.74) is 1.31. The predicted molar refractivity (Wildman–Crippen MR) is 117 cm³/mol. The van der Waals surface area contributed by atoms with Crippen molar-refractivity contribution in [3.63, 3.8) is 0 Å². The van der Waals surface area contributed by atoms with Gasteiger partial charge in [0.15, 0.2) is 15.7 Å². The molecule has 1 heterocycles. The van der Waals surface area contributed by atoms with Crippen LogP contribution in [-0.2, 0) is 14.6 Å². The molecular weight excluding hydrogens is 496 g/mol. The lowest BCUT2D eigenvalue weighted by Crippen LogP contribution is -2.24. The number of hydrogen-bond acceptors (Lipinski definition) is 7. The number of rotatable bonds is 6. The van der Waals surface area contributed by atoms with Crippen LogP contribution in [0.5, 0.6) is 0 Å². The van der Waals surface area contributed by atoms with E-state index >= 15 is 0 Å². The fourth-order valence-electron chi connectivity index (χ4n) is 3.55. The van der Waals surface area contributed by atoms with E-state index in [0.29, 0.717) is 41.0 Å². The predicted octanol–water partition coefficient (Wildman–Crippen LogP) is 4.04. The molecule has 1 aromatic carbocycles. The average Bonchev–Trinajstić information content (AvgIpc) is 3.14. The van der Waals surface area contributed by atoms with Crippen LogP contribution >= 0.6 is 27.5 Å². The van der Waals surface area contributed by atoms with Crippen LogP contribution in [0.15, 0.2) is 45.2 Å². The molecule has 2 aromatic rings. The second-order valence-corrected chi connectivity index (χ2v) is 10.4. The van der Waals surface area contributed by atoms with Gasteiger partial charge in [-0.05, 0) is 65.2 Å². The van der Waals surface area contributed by atoms with Gasteiger partial charge < -0.3 is 10.5 Å². The summed E-state index contributed by atoms with van der Waals surface area (Å²) in [7, 11) is -3.48. The largest absolute Gasteiger partial charge is 0.411 e. The minimum Gasteiger partial charge on any atom is -0.411 e. The Morgan fingerprint density at radius 1 is 1.40 bits per heavy atom. The van der Waals surface area contributed by atoms with Gasteiger partial charge in [0, 0.05) is 6.26 Å². The monoisotopic (exact) mass is 514 g/mol. The fourth-order valence-corrected chi connectivity index (χ4v) is 5.10. The van der Waals surface area contributed by atoms with Crippen LogP contribution in [0.1, 0.15) is 37.2 Å². The van der Waals surface area contributed by atoms with Gasteiger partial charge in [0.2, 0.25) is 5.91 Å². The number of carbonyl (C=O) groups excluding carboxylic acids is 1. The van der Waals surface area contributed by atoms with Crippen molar-refractivity contribution in [2.45, 2.75) is 36.5 Å². The van der Waals surface area contributed by atoms with Crippen molar-refractivity contribution in [3.8, 4) is 0 Å². The van der Waals surface area contributed by atoms with E-state index in [0.717, 1.165) is 12.7 Å². The van der Waals surface area contributed by atoms with Gasteiger partial charge in [-0.2, -0.15) is 0 Å². The second kappa shape index (κ2) is 9.40. The van der Waals surface area contributed by atoms with Crippen molar-refractivity contribution in [2.75, 3.05) is 11.6 Å². The van der Waals surface area contributed by atoms with E-state index in [1.165, 1.54) is 24.5 Å². The van der Waals surface area contributed by atoms with E-state index in [1.807, 2.05) is 0 Å². The smallest absolute Gasteiger partial charge is 0.233 e. The third-order valence-corrected chi connectivity index (χ3v) is 7.01. The Hall–Kier alpha value is -2.04. The van der Waals surface area contributed by atoms with E-state index in [9.17, 15) is 13.2 Å². The molecule has 0 spiro atoms. The van der Waals surface area contributed by atoms with Gasteiger partial charge in [-0.1, -0.05) is 22.8 Å². The van der Waals surface area contributed by atoms with Gasteiger partial charge in [-0.15, -0.1) is 0 Å². The maximum atomic E-state index is 13.1. The normalized spacial score (nSPS) is 19.0. The molecular formula is C19H20BrClN4O4S. The van der Waals surface area contributed by atoms with Gasteiger partial charge in [-0.25, -0.2) is 18.4 Å². The molecule has 0 aliphatic heterocycles. The number of benzene rings is 1. The summed E-state index contributed by atoms with van der Waals surface area (Å²) in [5.74, 6) is -0.444. The Labute approximate surface area is 187 Å². The standard InChI is InChI=1S/C19H20BrClN4O4S/c1-30(28,29)16-5-3-12(8-15(16)21)14(7-11-2-4-13(6-11)25-27)19(26)24-18-10-22-17(20)9-23-18/h3,5,8-11,14,27H,2,4,6-7H2,1H3,(H,23,24,26)/b25-13-/t11?,14-/m1/s1. The molecule has 2 N–H and O–H groups in total. The van der Waals surface area contributed by atoms with E-state index in [2.05, 4.69) is 36.4 Å². The molecule has 160 valence electrons. The fraction of sp³-hybridized carbons (Fsp3) is 0.368. The molecule has 3 rings (SSSR count). The molecule has 2 atom stereocenters. The number of halogens is 2. The number of aromatic nitrogens is 2. The van der Waals surface area contributed by atoms with Gasteiger partial charge in [0.1, 0.15) is 4.60 Å². The van der Waals surface area contributed by atoms with E-state index < -0.39 is 15.8 Å². The van der Waals surface area contributed by atoms with E-state index in [-0.39, 0.29) is 21.7 Å². The van der Waals surface area contributed by atoms with Crippen LogP contribution in [0, 0.1) is 5.92 Å². The summed E-state index contributed by atoms with van der Waals surface area (Å²) < 4.78 is 24.3. The number of anilines is 1. The van der Waals surface area contributed by atoms with Crippen molar-refractivity contribution in [1.29, 1.82) is 0 Å². The molecule has 11 heteroatoms. The highest BCUT2D eigenvalue weighted by Gasteiger charge is 2.30. The maximum absolute atomic E-state index is 13.1. The lowest BCUT2D eigenvalue weighted by atomic mass is 9.87. The zero-order valence-corrected chi connectivity index (χ0v) is 19.2. The molecule has 1 aliphatic carbocycles. The average molecular weight is 516 g/mol. The third-order valence-electron chi connectivity index (χ3n) is 5.02. The van der Waals surface area contributed by atoms with Gasteiger partial charge in [-0.3, -0.25) is 4.79 Å². The van der Waals surface area contributed by atoms with E-state index in [4.69, 9.17) is 16.8 Å². The van der Waals surface area contributed by atoms with Crippen molar-refractivity contribution in [2.24, 2.45) is 11.1 Å². The zero-order valence-electron chi connectivity index (χ0n) is 16.0.